The van der Waals surface area contributed by atoms with Crippen LogP contribution in [0.25, 0.3) is 0 Å². The lowest BCUT2D eigenvalue weighted by Crippen LogP contribution is -2.20. The van der Waals surface area contributed by atoms with Gasteiger partial charge in [-0.3, -0.25) is 9.59 Å². The van der Waals surface area contributed by atoms with Gasteiger partial charge < -0.3 is 5.11 Å². The fraction of sp³-hybridized carbons (Fsp3) is 0.182. The quantitative estimate of drug-likeness (QED) is 0.753. The highest BCUT2D eigenvalue weighted by Crippen LogP contribution is 2.24. The van der Waals surface area contributed by atoms with Gasteiger partial charge in [0, 0.05) is 24.0 Å². The van der Waals surface area contributed by atoms with Gasteiger partial charge in [0.05, 0.1) is 5.56 Å². The molecule has 0 unspecified atom stereocenters. The first-order valence-electron chi connectivity index (χ1n) is 4.54. The number of fused-ring (bicyclic) bond motifs is 1. The molecular weight excluding hydrogens is 196 g/mol. The molecule has 1 aromatic rings. The first-order chi connectivity index (χ1) is 7.11. The number of benzene rings is 1. The third-order valence-electron chi connectivity index (χ3n) is 2.45. The molecule has 0 aliphatic heterocycles. The Morgan fingerprint density at radius 1 is 1.13 bits per heavy atom. The van der Waals surface area contributed by atoms with Crippen LogP contribution in [0, 0.1) is 0 Å². The van der Waals surface area contributed by atoms with Crippen molar-refractivity contribution in [1.29, 1.82) is 0 Å². The van der Waals surface area contributed by atoms with Crippen molar-refractivity contribution in [3.63, 3.8) is 0 Å². The van der Waals surface area contributed by atoms with Crippen LogP contribution < -0.4 is 0 Å². The van der Waals surface area contributed by atoms with E-state index in [-0.39, 0.29) is 41.1 Å². The van der Waals surface area contributed by atoms with Gasteiger partial charge in [-0.1, -0.05) is 12.1 Å². The minimum Gasteiger partial charge on any atom is -0.478 e. The average molecular weight is 204 g/mol. The predicted molar refractivity (Wildman–Crippen MR) is 51.3 cm³/mol. The van der Waals surface area contributed by atoms with Gasteiger partial charge in [-0.05, 0) is 6.07 Å². The van der Waals surface area contributed by atoms with Crippen molar-refractivity contribution in [1.82, 2.24) is 0 Å². The molecule has 0 amide bonds. The van der Waals surface area contributed by atoms with Crippen molar-refractivity contribution in [2.45, 2.75) is 12.8 Å². The smallest absolute Gasteiger partial charge is 0.336 e. The molecule has 0 spiro atoms. The number of rotatable bonds is 1. The summed E-state index contributed by atoms with van der Waals surface area (Å²) in [4.78, 5) is 33.9. The molecule has 4 heteroatoms. The summed E-state index contributed by atoms with van der Waals surface area (Å²) in [6.45, 7) is 0. The number of ketones is 2. The minimum absolute atomic E-state index is 0.0706. The van der Waals surface area contributed by atoms with E-state index in [0.717, 1.165) is 0 Å². The van der Waals surface area contributed by atoms with Gasteiger partial charge in [0.25, 0.3) is 0 Å². The summed E-state index contributed by atoms with van der Waals surface area (Å²) in [7, 11) is 0. The highest BCUT2D eigenvalue weighted by atomic mass is 16.4. The Morgan fingerprint density at radius 3 is 2.47 bits per heavy atom. The molecule has 15 heavy (non-hydrogen) atoms. The van der Waals surface area contributed by atoms with Crippen LogP contribution in [-0.4, -0.2) is 22.6 Å². The molecule has 0 atom stereocenters. The number of carboxylic acid groups (broad SMARTS) is 1. The van der Waals surface area contributed by atoms with Crippen LogP contribution in [0.1, 0.15) is 43.9 Å². The summed E-state index contributed by atoms with van der Waals surface area (Å²) < 4.78 is 0. The summed E-state index contributed by atoms with van der Waals surface area (Å²) in [6, 6.07) is 4.33. The highest BCUT2D eigenvalue weighted by Gasteiger charge is 2.27. The molecule has 0 aromatic heterocycles. The number of carbonyl (C=O) groups is 3. The number of hydrogen-bond acceptors (Lipinski definition) is 3. The van der Waals surface area contributed by atoms with E-state index < -0.39 is 5.97 Å². The Kier molecular flexibility index (Phi) is 2.11. The second-order valence-corrected chi connectivity index (χ2v) is 3.38. The third kappa shape index (κ3) is 1.44. The lowest BCUT2D eigenvalue weighted by molar-refractivity contribution is 0.0691. The average Bonchev–Trinajstić information content (AvgIpc) is 2.23. The fourth-order valence-corrected chi connectivity index (χ4v) is 1.75. The Balaban J connectivity index is 2.72. The molecule has 1 aliphatic rings. The summed E-state index contributed by atoms with van der Waals surface area (Å²) in [6.07, 6.45) is 0.283. The SMILES string of the molecule is O=C(O)c1cccc2c1C(=O)CCC2=O. The van der Waals surface area contributed by atoms with Gasteiger partial charge in [0.1, 0.15) is 0 Å². The molecule has 0 fully saturated rings. The molecule has 0 heterocycles. The van der Waals surface area contributed by atoms with Crippen LogP contribution in [0.5, 0.6) is 0 Å². The lowest BCUT2D eigenvalue weighted by Gasteiger charge is -2.15. The second kappa shape index (κ2) is 3.31. The van der Waals surface area contributed by atoms with E-state index in [2.05, 4.69) is 0 Å². The number of hydrogen-bond donors (Lipinski definition) is 1. The van der Waals surface area contributed by atoms with E-state index in [1.165, 1.54) is 18.2 Å². The Hall–Kier alpha value is -1.97. The van der Waals surface area contributed by atoms with Crippen LogP contribution in [0.15, 0.2) is 18.2 Å². The Labute approximate surface area is 85.5 Å². The van der Waals surface area contributed by atoms with Gasteiger partial charge in [-0.25, -0.2) is 4.79 Å². The van der Waals surface area contributed by atoms with Gasteiger partial charge in [0.2, 0.25) is 0 Å². The van der Waals surface area contributed by atoms with Crippen molar-refractivity contribution in [2.24, 2.45) is 0 Å². The maximum atomic E-state index is 11.5. The van der Waals surface area contributed by atoms with Crippen LogP contribution in [0.2, 0.25) is 0 Å². The van der Waals surface area contributed by atoms with Crippen LogP contribution >= 0.6 is 0 Å². The molecule has 1 N–H and O–H groups in total. The minimum atomic E-state index is -1.17. The van der Waals surface area contributed by atoms with E-state index in [1.807, 2.05) is 0 Å². The molecule has 0 bridgehead atoms. The third-order valence-corrected chi connectivity index (χ3v) is 2.45. The monoisotopic (exact) mass is 204 g/mol. The van der Waals surface area contributed by atoms with E-state index in [4.69, 9.17) is 5.11 Å². The second-order valence-electron chi connectivity index (χ2n) is 3.38. The zero-order valence-corrected chi connectivity index (χ0v) is 7.82. The summed E-state index contributed by atoms with van der Waals surface area (Å²) in [5.74, 6) is -1.59. The topological polar surface area (TPSA) is 71.4 Å². The van der Waals surface area contributed by atoms with Gasteiger partial charge >= 0.3 is 5.97 Å². The summed E-state index contributed by atoms with van der Waals surface area (Å²) >= 11 is 0. The first kappa shape index (κ1) is 9.58. The van der Waals surface area contributed by atoms with Crippen molar-refractivity contribution < 1.29 is 19.5 Å². The molecule has 1 aromatic carbocycles. The summed E-state index contributed by atoms with van der Waals surface area (Å²) in [5, 5.41) is 8.88. The maximum Gasteiger partial charge on any atom is 0.336 e. The molecule has 0 saturated carbocycles. The number of carboxylic acids is 1. The Morgan fingerprint density at radius 2 is 1.80 bits per heavy atom. The normalized spacial score (nSPS) is 14.9. The molecule has 0 saturated heterocycles. The van der Waals surface area contributed by atoms with E-state index in [9.17, 15) is 14.4 Å². The zero-order chi connectivity index (χ0) is 11.0. The van der Waals surface area contributed by atoms with Crippen molar-refractivity contribution in [3.05, 3.63) is 34.9 Å². The fourth-order valence-electron chi connectivity index (χ4n) is 1.75. The maximum absolute atomic E-state index is 11.5. The van der Waals surface area contributed by atoms with Gasteiger partial charge in [-0.15, -0.1) is 0 Å². The molecule has 1 aliphatic carbocycles. The molecule has 2 rings (SSSR count). The van der Waals surface area contributed by atoms with Crippen molar-refractivity contribution in [2.75, 3.05) is 0 Å². The largest absolute Gasteiger partial charge is 0.478 e. The standard InChI is InChI=1S/C11H8O4/c12-8-4-5-9(13)10-6(8)2-1-3-7(10)11(14)15/h1-3H,4-5H2,(H,14,15). The molecule has 76 valence electrons. The molecule has 4 nitrogen and oxygen atoms in total. The lowest BCUT2D eigenvalue weighted by atomic mass is 9.86. The summed E-state index contributed by atoms with van der Waals surface area (Å²) in [5.41, 5.74) is 0.234. The van der Waals surface area contributed by atoms with E-state index in [0.29, 0.717) is 0 Å². The highest BCUT2D eigenvalue weighted by molar-refractivity contribution is 6.17. The molecule has 0 radical (unpaired) electrons. The van der Waals surface area contributed by atoms with E-state index in [1.54, 1.807) is 0 Å². The first-order valence-corrected chi connectivity index (χ1v) is 4.54. The van der Waals surface area contributed by atoms with E-state index >= 15 is 0 Å². The number of aromatic carboxylic acids is 1. The molecular formula is C11H8O4. The number of Topliss-reactive ketones (excluding diaryl/α,β-unsaturated/α-hetero) is 2. The van der Waals surface area contributed by atoms with Gasteiger partial charge in [0.15, 0.2) is 11.6 Å². The Bertz CT molecular complexity index is 459. The van der Waals surface area contributed by atoms with Crippen LogP contribution in [0.3, 0.4) is 0 Å². The zero-order valence-electron chi connectivity index (χ0n) is 7.82. The van der Waals surface area contributed by atoms with Crippen molar-refractivity contribution in [3.8, 4) is 0 Å². The van der Waals surface area contributed by atoms with Crippen LogP contribution in [-0.2, 0) is 0 Å². The predicted octanol–water partition coefficient (Wildman–Crippen LogP) is 1.54. The number of carbonyl (C=O) groups excluding carboxylic acids is 2. The van der Waals surface area contributed by atoms with Crippen molar-refractivity contribution >= 4 is 17.5 Å². The van der Waals surface area contributed by atoms with Gasteiger partial charge in [-0.2, -0.15) is 0 Å². The van der Waals surface area contributed by atoms with Crippen LogP contribution in [0.4, 0.5) is 0 Å².